The van der Waals surface area contributed by atoms with Crippen molar-refractivity contribution in [2.75, 3.05) is 26.6 Å². The molecule has 0 bridgehead atoms. The number of sulfone groups is 1. The van der Waals surface area contributed by atoms with E-state index >= 15 is 0 Å². The van der Waals surface area contributed by atoms with Crippen LogP contribution in [0.4, 0.5) is 0 Å². The molecule has 0 saturated carbocycles. The van der Waals surface area contributed by atoms with Crippen molar-refractivity contribution in [2.45, 2.75) is 18.2 Å². The molecule has 1 atom stereocenters. The number of nitrogens with zero attached hydrogens (tertiary/aromatic N) is 6. The highest BCUT2D eigenvalue weighted by molar-refractivity contribution is 7.90. The van der Waals surface area contributed by atoms with Crippen LogP contribution < -0.4 is 14.2 Å². The maximum atomic E-state index is 13.1. The zero-order chi connectivity index (χ0) is 26.0. The monoisotopic (exact) mass is 542 g/mol. The molecule has 4 heterocycles. The molecule has 0 N–H and O–H groups in total. The molecule has 0 fully saturated rings. The molecule has 0 radical (unpaired) electrons. The summed E-state index contributed by atoms with van der Waals surface area (Å²) in [6.07, 6.45) is 3.02. The van der Waals surface area contributed by atoms with E-state index in [-0.39, 0.29) is 30.4 Å². The van der Waals surface area contributed by atoms with Gasteiger partial charge in [-0.25, -0.2) is 23.4 Å². The van der Waals surface area contributed by atoms with Crippen LogP contribution in [0, 0.1) is 0 Å². The smallest absolute Gasteiger partial charge is 0.213 e. The molecule has 192 valence electrons. The van der Waals surface area contributed by atoms with Crippen molar-refractivity contribution >= 4 is 21.4 Å². The van der Waals surface area contributed by atoms with E-state index in [1.807, 2.05) is 24.3 Å². The van der Waals surface area contributed by atoms with E-state index in [1.54, 1.807) is 23.8 Å². The van der Waals surface area contributed by atoms with E-state index in [4.69, 9.17) is 25.8 Å². The topological polar surface area (TPSA) is 131 Å². The van der Waals surface area contributed by atoms with Gasteiger partial charge in [0.25, 0.3) is 0 Å². The number of rotatable bonds is 8. The summed E-state index contributed by atoms with van der Waals surface area (Å²) in [6.45, 7) is 0.143. The molecule has 0 spiro atoms. The van der Waals surface area contributed by atoms with Crippen molar-refractivity contribution < 1.29 is 22.6 Å². The lowest BCUT2D eigenvalue weighted by Gasteiger charge is -2.20. The highest BCUT2D eigenvalue weighted by Crippen LogP contribution is 2.42. The molecule has 1 aromatic carbocycles. The Kier molecular flexibility index (Phi) is 6.94. The van der Waals surface area contributed by atoms with Crippen molar-refractivity contribution in [3.63, 3.8) is 0 Å². The molecule has 1 aliphatic heterocycles. The first-order chi connectivity index (χ1) is 17.9. The summed E-state index contributed by atoms with van der Waals surface area (Å²) in [4.78, 5) is 12.7. The minimum absolute atomic E-state index is 0.143. The molecule has 5 rings (SSSR count). The number of aromatic nitrogens is 6. The van der Waals surface area contributed by atoms with Crippen LogP contribution in [0.25, 0.3) is 11.4 Å². The van der Waals surface area contributed by atoms with Crippen molar-refractivity contribution in [1.29, 1.82) is 0 Å². The molecule has 13 heteroatoms. The Morgan fingerprint density at radius 1 is 1.08 bits per heavy atom. The second kappa shape index (κ2) is 10.3. The summed E-state index contributed by atoms with van der Waals surface area (Å²) in [7, 11) is -0.529. The Morgan fingerprint density at radius 2 is 1.86 bits per heavy atom. The van der Waals surface area contributed by atoms with Crippen LogP contribution in [-0.4, -0.2) is 64.7 Å². The number of aryl methyl sites for hydroxylation is 1. The quantitative estimate of drug-likeness (QED) is 0.327. The van der Waals surface area contributed by atoms with E-state index in [0.29, 0.717) is 45.3 Å². The van der Waals surface area contributed by atoms with Gasteiger partial charge in [0.1, 0.15) is 30.1 Å². The minimum Gasteiger partial charge on any atom is -0.493 e. The Hall–Kier alpha value is -3.77. The van der Waals surface area contributed by atoms with Gasteiger partial charge in [0.2, 0.25) is 5.88 Å². The van der Waals surface area contributed by atoms with Gasteiger partial charge in [0.15, 0.2) is 27.2 Å². The number of benzene rings is 1. The molecular formula is C24H23ClN6O5S. The summed E-state index contributed by atoms with van der Waals surface area (Å²) in [6, 6.07) is 10.3. The molecule has 0 amide bonds. The van der Waals surface area contributed by atoms with Crippen LogP contribution in [0.5, 0.6) is 17.4 Å². The van der Waals surface area contributed by atoms with Crippen molar-refractivity contribution in [1.82, 2.24) is 29.7 Å². The van der Waals surface area contributed by atoms with Crippen molar-refractivity contribution in [2.24, 2.45) is 0 Å². The van der Waals surface area contributed by atoms with Gasteiger partial charge in [-0.05, 0) is 18.2 Å². The van der Waals surface area contributed by atoms with Gasteiger partial charge in [0, 0.05) is 24.9 Å². The molecule has 0 unspecified atom stereocenters. The van der Waals surface area contributed by atoms with E-state index < -0.39 is 15.9 Å². The zero-order valence-corrected chi connectivity index (χ0v) is 21.6. The minimum atomic E-state index is -3.61. The van der Waals surface area contributed by atoms with Gasteiger partial charge in [-0.1, -0.05) is 23.7 Å². The largest absolute Gasteiger partial charge is 0.493 e. The van der Waals surface area contributed by atoms with Crippen LogP contribution in [0.3, 0.4) is 0 Å². The van der Waals surface area contributed by atoms with Gasteiger partial charge < -0.3 is 14.2 Å². The lowest BCUT2D eigenvalue weighted by molar-refractivity contribution is 0.261. The summed E-state index contributed by atoms with van der Waals surface area (Å²) >= 11 is 5.82. The molecule has 3 aromatic heterocycles. The second-order valence-corrected chi connectivity index (χ2v) is 10.9. The average molecular weight is 543 g/mol. The Labute approximate surface area is 218 Å². The molecule has 0 saturated heterocycles. The second-order valence-electron chi connectivity index (χ2n) is 8.24. The number of pyridine rings is 1. The number of para-hydroxylation sites is 1. The zero-order valence-electron chi connectivity index (χ0n) is 20.0. The molecule has 11 nitrogen and oxygen atoms in total. The predicted molar refractivity (Wildman–Crippen MR) is 135 cm³/mol. The van der Waals surface area contributed by atoms with E-state index in [2.05, 4.69) is 25.1 Å². The predicted octanol–water partition coefficient (Wildman–Crippen LogP) is 2.94. The number of methoxy groups -OCH3 is 2. The van der Waals surface area contributed by atoms with Gasteiger partial charge >= 0.3 is 0 Å². The summed E-state index contributed by atoms with van der Waals surface area (Å²) in [5, 5.41) is 9.06. The highest BCUT2D eigenvalue weighted by atomic mass is 35.5. The maximum absolute atomic E-state index is 13.1. The summed E-state index contributed by atoms with van der Waals surface area (Å²) in [5.41, 5.74) is 1.25. The van der Waals surface area contributed by atoms with Crippen LogP contribution in [0.15, 0.2) is 48.8 Å². The Bertz CT molecular complexity index is 1530. The third-order valence-electron chi connectivity index (χ3n) is 5.86. The molecule has 4 aromatic rings. The third kappa shape index (κ3) is 5.20. The standard InChI is InChI=1S/C24H23ClN6O5S/c1-34-19-7-3-5-16-23(19)36-13-18(17-6-4-8-22(28-17)35-2)31-21(29-30-24(16)31)14-37(32,33)10-9-20-26-11-15(25)12-27-20/h3-8,11-12,18H,9-10,13-14H2,1-2H3/t18-/m1/s1. The maximum Gasteiger partial charge on any atom is 0.213 e. The number of hydrogen-bond donors (Lipinski definition) is 0. The van der Waals surface area contributed by atoms with Gasteiger partial charge in [-0.3, -0.25) is 4.57 Å². The highest BCUT2D eigenvalue weighted by Gasteiger charge is 2.32. The Balaban J connectivity index is 1.54. The first kappa shape index (κ1) is 24.9. The lowest BCUT2D eigenvalue weighted by Crippen LogP contribution is -2.23. The molecule has 37 heavy (non-hydrogen) atoms. The lowest BCUT2D eigenvalue weighted by atomic mass is 10.1. The number of halogens is 1. The van der Waals surface area contributed by atoms with Gasteiger partial charge in [-0.15, -0.1) is 10.2 Å². The number of fused-ring (bicyclic) bond motifs is 3. The first-order valence-corrected chi connectivity index (χ1v) is 13.5. The molecule has 0 aliphatic carbocycles. The number of hydrogen-bond acceptors (Lipinski definition) is 10. The Morgan fingerprint density at radius 3 is 2.62 bits per heavy atom. The van der Waals surface area contributed by atoms with Gasteiger partial charge in [-0.2, -0.15) is 0 Å². The van der Waals surface area contributed by atoms with E-state index in [1.165, 1.54) is 19.5 Å². The fraction of sp³-hybridized carbons (Fsp3) is 0.292. The average Bonchev–Trinajstić information content (AvgIpc) is 3.22. The van der Waals surface area contributed by atoms with Crippen LogP contribution in [0.1, 0.15) is 23.4 Å². The summed E-state index contributed by atoms with van der Waals surface area (Å²) < 4.78 is 45.1. The van der Waals surface area contributed by atoms with E-state index in [0.717, 1.165) is 0 Å². The van der Waals surface area contributed by atoms with Crippen molar-refractivity contribution in [3.05, 3.63) is 71.2 Å². The summed E-state index contributed by atoms with van der Waals surface area (Å²) in [5.74, 6) is 2.05. The molecule has 1 aliphatic rings. The van der Waals surface area contributed by atoms with Crippen LogP contribution >= 0.6 is 11.6 Å². The SMILES string of the molecule is COc1cccc([C@H]2COc3c(OC)cccc3-c3nnc(CS(=O)(=O)CCc4ncc(Cl)cn4)n32)n1. The van der Waals surface area contributed by atoms with Crippen molar-refractivity contribution in [3.8, 4) is 28.8 Å². The van der Waals surface area contributed by atoms with Crippen LogP contribution in [-0.2, 0) is 22.0 Å². The fourth-order valence-corrected chi connectivity index (χ4v) is 5.43. The normalized spacial score (nSPS) is 14.7. The third-order valence-corrected chi connectivity index (χ3v) is 7.58. The van der Waals surface area contributed by atoms with Crippen LogP contribution in [0.2, 0.25) is 5.02 Å². The fourth-order valence-electron chi connectivity index (χ4n) is 4.10. The number of ether oxygens (including phenoxy) is 3. The van der Waals surface area contributed by atoms with Gasteiger partial charge in [0.05, 0.1) is 36.3 Å². The first-order valence-electron chi connectivity index (χ1n) is 11.3. The molecular weight excluding hydrogens is 520 g/mol. The van der Waals surface area contributed by atoms with E-state index in [9.17, 15) is 8.42 Å².